The zero-order valence-electron chi connectivity index (χ0n) is 24.6. The van der Waals surface area contributed by atoms with E-state index in [1.54, 1.807) is 10.9 Å². The van der Waals surface area contributed by atoms with E-state index in [2.05, 4.69) is 32.8 Å². The highest BCUT2D eigenvalue weighted by Gasteiger charge is 2.40. The Kier molecular flexibility index (Phi) is 9.85. The Balaban J connectivity index is 1.07. The smallest absolute Gasteiger partial charge is 0.254 e. The highest BCUT2D eigenvalue weighted by molar-refractivity contribution is 7.88. The van der Waals surface area contributed by atoms with E-state index in [1.165, 1.54) is 22.3 Å². The van der Waals surface area contributed by atoms with Crippen molar-refractivity contribution in [3.05, 3.63) is 47.8 Å². The Morgan fingerprint density at radius 2 is 1.95 bits per heavy atom. The molecule has 2 aromatic rings. The third-order valence-corrected chi connectivity index (χ3v) is 10.3. The summed E-state index contributed by atoms with van der Waals surface area (Å²) in [5.41, 5.74) is 1.36. The summed E-state index contributed by atoms with van der Waals surface area (Å²) in [5, 5.41) is 10.5. The van der Waals surface area contributed by atoms with Crippen LogP contribution in [0.2, 0.25) is 0 Å². The lowest BCUT2D eigenvalue weighted by Gasteiger charge is -2.41. The largest absolute Gasteiger partial charge is 0.491 e. The number of aromatic nitrogens is 2. The molecule has 0 radical (unpaired) electrons. The second kappa shape index (κ2) is 13.6. The third-order valence-electron chi connectivity index (χ3n) is 9.06. The third kappa shape index (κ3) is 7.51. The summed E-state index contributed by atoms with van der Waals surface area (Å²) in [5.74, 6) is 0.877. The van der Waals surface area contributed by atoms with Crippen LogP contribution in [0.3, 0.4) is 0 Å². The lowest BCUT2D eigenvalue weighted by Crippen LogP contribution is -2.50. The lowest BCUT2D eigenvalue weighted by atomic mass is 9.73. The molecule has 230 valence electrons. The Morgan fingerprint density at radius 1 is 1.14 bits per heavy atom. The monoisotopic (exact) mass is 600 g/mol. The fraction of sp³-hybridized carbons (Fsp3) is 0.633. The standard InChI is InChI=1S/C30H44N6O5S/c1-42(39,40)35-16-10-26(23-35)36-22-25(21-33-36)28(37)31-14-19-34-17-12-30(13-18-34)11-6-2-3-7-24-8-4-5-9-27(24)41-20-15-32-29(30)38/h4-5,8-9,21-22,26H,2-3,6-7,10-20,23H2,1H3,(H,31,37)(H,32,38). The summed E-state index contributed by atoms with van der Waals surface area (Å²) in [6.45, 7) is 4.66. The molecule has 1 aromatic heterocycles. The molecule has 2 fully saturated rings. The predicted octanol–water partition coefficient (Wildman–Crippen LogP) is 2.21. The first-order valence-electron chi connectivity index (χ1n) is 15.2. The molecular formula is C30H44N6O5S. The predicted molar refractivity (Wildman–Crippen MR) is 160 cm³/mol. The van der Waals surface area contributed by atoms with Crippen LogP contribution in [-0.4, -0.2) is 97.9 Å². The fourth-order valence-corrected chi connectivity index (χ4v) is 7.31. The fourth-order valence-electron chi connectivity index (χ4n) is 6.43. The minimum Gasteiger partial charge on any atom is -0.491 e. The van der Waals surface area contributed by atoms with Gasteiger partial charge in [-0.05, 0) is 63.2 Å². The molecule has 1 atom stereocenters. The number of nitrogens with zero attached hydrogens (tertiary/aromatic N) is 4. The molecule has 0 bridgehead atoms. The van der Waals surface area contributed by atoms with Gasteiger partial charge in [-0.2, -0.15) is 9.40 Å². The van der Waals surface area contributed by atoms with Gasteiger partial charge in [0, 0.05) is 32.4 Å². The van der Waals surface area contributed by atoms with Crippen LogP contribution in [0, 0.1) is 5.41 Å². The number of benzene rings is 1. The molecule has 11 nitrogen and oxygen atoms in total. The van der Waals surface area contributed by atoms with Crippen molar-refractivity contribution in [2.75, 3.05) is 58.7 Å². The van der Waals surface area contributed by atoms with Crippen molar-refractivity contribution in [2.45, 2.75) is 57.4 Å². The van der Waals surface area contributed by atoms with Crippen molar-refractivity contribution >= 4 is 21.8 Å². The molecule has 3 aliphatic heterocycles. The highest BCUT2D eigenvalue weighted by Crippen LogP contribution is 2.37. The maximum atomic E-state index is 13.4. The van der Waals surface area contributed by atoms with Crippen LogP contribution in [-0.2, 0) is 21.2 Å². The number of amides is 2. The maximum Gasteiger partial charge on any atom is 0.254 e. The van der Waals surface area contributed by atoms with Gasteiger partial charge in [0.25, 0.3) is 5.91 Å². The van der Waals surface area contributed by atoms with Crippen LogP contribution in [0.5, 0.6) is 5.75 Å². The number of carbonyl (C=O) groups is 2. The molecule has 42 heavy (non-hydrogen) atoms. The van der Waals surface area contributed by atoms with Crippen LogP contribution < -0.4 is 15.4 Å². The van der Waals surface area contributed by atoms with Gasteiger partial charge in [-0.15, -0.1) is 0 Å². The Labute approximate surface area is 249 Å². The second-order valence-electron chi connectivity index (χ2n) is 11.9. The van der Waals surface area contributed by atoms with Gasteiger partial charge in [-0.25, -0.2) is 8.42 Å². The van der Waals surface area contributed by atoms with Gasteiger partial charge < -0.3 is 20.3 Å². The van der Waals surface area contributed by atoms with Crippen LogP contribution in [0.1, 0.15) is 66.9 Å². The topological polar surface area (TPSA) is 126 Å². The zero-order chi connectivity index (χ0) is 29.6. The van der Waals surface area contributed by atoms with E-state index in [0.717, 1.165) is 70.3 Å². The van der Waals surface area contributed by atoms with E-state index in [0.29, 0.717) is 44.8 Å². The molecule has 1 unspecified atom stereocenters. The van der Waals surface area contributed by atoms with Crippen molar-refractivity contribution in [2.24, 2.45) is 5.41 Å². The maximum absolute atomic E-state index is 13.4. The summed E-state index contributed by atoms with van der Waals surface area (Å²) in [4.78, 5) is 28.5. The number of hydrogen-bond acceptors (Lipinski definition) is 7. The normalized spacial score (nSPS) is 22.7. The molecule has 0 aliphatic carbocycles. The number of carbonyl (C=O) groups excluding carboxylic acids is 2. The first kappa shape index (κ1) is 30.5. The summed E-state index contributed by atoms with van der Waals surface area (Å²) in [7, 11) is -3.23. The number of likely N-dealkylation sites (tertiary alicyclic amines) is 1. The summed E-state index contributed by atoms with van der Waals surface area (Å²) in [6.07, 6.45) is 11.9. The quantitative estimate of drug-likeness (QED) is 0.521. The van der Waals surface area contributed by atoms with Crippen LogP contribution in [0.25, 0.3) is 0 Å². The average Bonchev–Trinajstić information content (AvgIpc) is 3.67. The molecule has 1 aromatic carbocycles. The summed E-state index contributed by atoms with van der Waals surface area (Å²) in [6, 6.07) is 8.12. The molecule has 4 heterocycles. The van der Waals surface area contributed by atoms with Crippen LogP contribution >= 0.6 is 0 Å². The van der Waals surface area contributed by atoms with Crippen molar-refractivity contribution in [3.8, 4) is 5.75 Å². The van der Waals surface area contributed by atoms with E-state index in [4.69, 9.17) is 4.74 Å². The molecule has 0 saturated carbocycles. The number of para-hydroxylation sites is 1. The molecule has 5 rings (SSSR count). The van der Waals surface area contributed by atoms with Gasteiger partial charge in [0.2, 0.25) is 15.9 Å². The molecular weight excluding hydrogens is 556 g/mol. The Bertz CT molecular complexity index is 1340. The number of sulfonamides is 1. The van der Waals surface area contributed by atoms with Gasteiger partial charge in [-0.1, -0.05) is 31.0 Å². The number of piperidine rings is 1. The summed E-state index contributed by atoms with van der Waals surface area (Å²) >= 11 is 0. The van der Waals surface area contributed by atoms with Gasteiger partial charge in [0.05, 0.1) is 36.0 Å². The molecule has 1 spiro atoms. The van der Waals surface area contributed by atoms with Crippen LogP contribution in [0.15, 0.2) is 36.7 Å². The number of nitrogens with one attached hydrogen (secondary N) is 2. The van der Waals surface area contributed by atoms with E-state index in [1.807, 2.05) is 12.1 Å². The van der Waals surface area contributed by atoms with E-state index >= 15 is 0 Å². The average molecular weight is 601 g/mol. The highest BCUT2D eigenvalue weighted by atomic mass is 32.2. The molecule has 3 aliphatic rings. The Morgan fingerprint density at radius 3 is 2.74 bits per heavy atom. The van der Waals surface area contributed by atoms with Gasteiger partial charge in [0.15, 0.2) is 0 Å². The van der Waals surface area contributed by atoms with Crippen LogP contribution in [0.4, 0.5) is 0 Å². The van der Waals surface area contributed by atoms with Crippen molar-refractivity contribution in [1.82, 2.24) is 29.6 Å². The van der Waals surface area contributed by atoms with Gasteiger partial charge in [-0.3, -0.25) is 14.3 Å². The van der Waals surface area contributed by atoms with Gasteiger partial charge in [0.1, 0.15) is 12.4 Å². The number of fused-ring (bicyclic) bond motifs is 1. The van der Waals surface area contributed by atoms with Crippen molar-refractivity contribution in [1.29, 1.82) is 0 Å². The summed E-state index contributed by atoms with van der Waals surface area (Å²) < 4.78 is 32.8. The lowest BCUT2D eigenvalue weighted by molar-refractivity contribution is -0.134. The Hall–Kier alpha value is -2.96. The first-order chi connectivity index (χ1) is 20.2. The number of aryl methyl sites for hydroxylation is 1. The number of rotatable bonds is 6. The first-order valence-corrected chi connectivity index (χ1v) is 17.1. The minimum atomic E-state index is -3.23. The van der Waals surface area contributed by atoms with E-state index in [9.17, 15) is 18.0 Å². The van der Waals surface area contributed by atoms with Crippen molar-refractivity contribution in [3.63, 3.8) is 0 Å². The van der Waals surface area contributed by atoms with E-state index < -0.39 is 10.0 Å². The van der Waals surface area contributed by atoms with Gasteiger partial charge >= 0.3 is 0 Å². The van der Waals surface area contributed by atoms with E-state index in [-0.39, 0.29) is 23.3 Å². The molecule has 2 saturated heterocycles. The number of ether oxygens (including phenoxy) is 1. The molecule has 12 heteroatoms. The SMILES string of the molecule is CS(=O)(=O)N1CCC(n2cc(C(=O)NCCN3CCC4(CCCCCc5ccccc5OCCNC4=O)CC3)cn2)C1. The minimum absolute atomic E-state index is 0.0665. The second-order valence-corrected chi connectivity index (χ2v) is 13.9. The molecule has 2 amide bonds. The zero-order valence-corrected chi connectivity index (χ0v) is 25.4. The number of hydrogen-bond donors (Lipinski definition) is 2. The van der Waals surface area contributed by atoms with Crippen molar-refractivity contribution < 1.29 is 22.7 Å². The molecule has 2 N–H and O–H groups in total.